The molecular weight excluding hydrogens is 236 g/mol. The summed E-state index contributed by atoms with van der Waals surface area (Å²) in [7, 11) is 1.79. The maximum absolute atomic E-state index is 11.6. The fourth-order valence-corrected chi connectivity index (χ4v) is 1.47. The van der Waals surface area contributed by atoms with Crippen molar-refractivity contribution in [2.75, 3.05) is 11.9 Å². The van der Waals surface area contributed by atoms with E-state index in [1.165, 1.54) is 6.92 Å². The molecule has 0 bridgehead atoms. The number of nitrogens with zero attached hydrogens (tertiary/aromatic N) is 2. The molecule has 7 nitrogen and oxygen atoms in total. The minimum Gasteiger partial charge on any atom is -0.480 e. The van der Waals surface area contributed by atoms with Gasteiger partial charge < -0.3 is 10.4 Å². The zero-order valence-electron chi connectivity index (χ0n) is 10.9. The largest absolute Gasteiger partial charge is 0.480 e. The number of carbonyl (C=O) groups excluding carboxylic acids is 1. The Morgan fingerprint density at radius 1 is 1.44 bits per heavy atom. The van der Waals surface area contributed by atoms with Gasteiger partial charge >= 0.3 is 5.97 Å². The minimum absolute atomic E-state index is 0.0543. The molecule has 1 aromatic rings. The number of carboxylic acids is 1. The van der Waals surface area contributed by atoms with Crippen LogP contribution in [0.3, 0.4) is 0 Å². The number of amides is 1. The zero-order valence-corrected chi connectivity index (χ0v) is 10.9. The van der Waals surface area contributed by atoms with Crippen molar-refractivity contribution in [1.29, 1.82) is 0 Å². The Bertz CT molecular complexity index is 467. The molecule has 0 saturated heterocycles. The molecule has 0 saturated carbocycles. The number of anilines is 1. The predicted molar refractivity (Wildman–Crippen MR) is 66.4 cm³/mol. The van der Waals surface area contributed by atoms with Gasteiger partial charge in [-0.3, -0.25) is 19.6 Å². The predicted octanol–water partition coefficient (Wildman–Crippen LogP) is 0.0381. The van der Waals surface area contributed by atoms with Crippen LogP contribution in [0, 0.1) is 13.8 Å². The zero-order chi connectivity index (χ0) is 13.9. The number of hydrogen-bond acceptors (Lipinski definition) is 4. The highest BCUT2D eigenvalue weighted by Crippen LogP contribution is 2.17. The van der Waals surface area contributed by atoms with Gasteiger partial charge in [0.25, 0.3) is 0 Å². The van der Waals surface area contributed by atoms with Gasteiger partial charge in [-0.05, 0) is 20.8 Å². The number of aromatic nitrogens is 2. The average molecular weight is 254 g/mol. The molecule has 1 unspecified atom stereocenters. The number of hydrogen-bond donors (Lipinski definition) is 3. The van der Waals surface area contributed by atoms with E-state index in [0.29, 0.717) is 5.69 Å². The summed E-state index contributed by atoms with van der Waals surface area (Å²) in [4.78, 5) is 22.2. The molecule has 3 N–H and O–H groups in total. The van der Waals surface area contributed by atoms with Crippen LogP contribution in [-0.4, -0.2) is 39.4 Å². The number of carboxylic acid groups (broad SMARTS) is 1. The molecule has 0 aromatic carbocycles. The van der Waals surface area contributed by atoms with Gasteiger partial charge in [0.1, 0.15) is 6.04 Å². The third kappa shape index (κ3) is 3.30. The van der Waals surface area contributed by atoms with Gasteiger partial charge in [-0.2, -0.15) is 5.10 Å². The maximum atomic E-state index is 11.6. The smallest absolute Gasteiger partial charge is 0.320 e. The number of carbonyl (C=O) groups is 2. The SMILES string of the molecule is Cc1nn(C)c(C)c1NC(=O)CNC(C)C(=O)O. The first-order valence-electron chi connectivity index (χ1n) is 5.59. The molecule has 1 heterocycles. The number of aliphatic carboxylic acids is 1. The van der Waals surface area contributed by atoms with E-state index in [2.05, 4.69) is 15.7 Å². The lowest BCUT2D eigenvalue weighted by Gasteiger charge is -2.09. The molecule has 0 spiro atoms. The van der Waals surface area contributed by atoms with E-state index < -0.39 is 12.0 Å². The third-order valence-corrected chi connectivity index (χ3v) is 2.71. The van der Waals surface area contributed by atoms with Crippen LogP contribution in [0.25, 0.3) is 0 Å². The van der Waals surface area contributed by atoms with Gasteiger partial charge in [0, 0.05) is 7.05 Å². The first-order valence-corrected chi connectivity index (χ1v) is 5.59. The molecule has 1 amide bonds. The van der Waals surface area contributed by atoms with Crippen LogP contribution in [0.1, 0.15) is 18.3 Å². The van der Waals surface area contributed by atoms with Crippen molar-refractivity contribution in [2.24, 2.45) is 7.05 Å². The summed E-state index contributed by atoms with van der Waals surface area (Å²) >= 11 is 0. The Kier molecular flexibility index (Phi) is 4.43. The van der Waals surface area contributed by atoms with Crippen LogP contribution in [0.4, 0.5) is 5.69 Å². The van der Waals surface area contributed by atoms with Gasteiger partial charge in [-0.25, -0.2) is 0 Å². The van der Waals surface area contributed by atoms with E-state index in [4.69, 9.17) is 5.11 Å². The van der Waals surface area contributed by atoms with Crippen molar-refractivity contribution in [1.82, 2.24) is 15.1 Å². The van der Waals surface area contributed by atoms with Crippen LogP contribution in [-0.2, 0) is 16.6 Å². The van der Waals surface area contributed by atoms with Crippen LogP contribution in [0.2, 0.25) is 0 Å². The van der Waals surface area contributed by atoms with Crippen LogP contribution < -0.4 is 10.6 Å². The average Bonchev–Trinajstić information content (AvgIpc) is 2.52. The first-order chi connectivity index (χ1) is 8.32. The van der Waals surface area contributed by atoms with E-state index in [0.717, 1.165) is 11.4 Å². The van der Waals surface area contributed by atoms with Crippen molar-refractivity contribution in [3.63, 3.8) is 0 Å². The molecule has 0 aliphatic carbocycles. The molecule has 100 valence electrons. The second-order valence-electron chi connectivity index (χ2n) is 4.16. The van der Waals surface area contributed by atoms with Crippen LogP contribution in [0.15, 0.2) is 0 Å². The van der Waals surface area contributed by atoms with Crippen molar-refractivity contribution >= 4 is 17.6 Å². The molecule has 18 heavy (non-hydrogen) atoms. The molecule has 1 rings (SSSR count). The van der Waals surface area contributed by atoms with Crippen molar-refractivity contribution in [3.8, 4) is 0 Å². The van der Waals surface area contributed by atoms with Crippen molar-refractivity contribution in [3.05, 3.63) is 11.4 Å². The van der Waals surface area contributed by atoms with Gasteiger partial charge in [-0.15, -0.1) is 0 Å². The summed E-state index contributed by atoms with van der Waals surface area (Å²) in [6, 6.07) is -0.758. The van der Waals surface area contributed by atoms with Crippen LogP contribution in [0.5, 0.6) is 0 Å². The molecular formula is C11H18N4O3. The summed E-state index contributed by atoms with van der Waals surface area (Å²) in [6.45, 7) is 5.08. The summed E-state index contributed by atoms with van der Waals surface area (Å²) in [5.74, 6) is -1.28. The van der Waals surface area contributed by atoms with E-state index >= 15 is 0 Å². The fraction of sp³-hybridized carbons (Fsp3) is 0.545. The first kappa shape index (κ1) is 14.2. The quantitative estimate of drug-likeness (QED) is 0.689. The van der Waals surface area contributed by atoms with E-state index in [1.807, 2.05) is 6.92 Å². The minimum atomic E-state index is -0.989. The van der Waals surface area contributed by atoms with E-state index in [9.17, 15) is 9.59 Å². The monoisotopic (exact) mass is 254 g/mol. The van der Waals surface area contributed by atoms with Gasteiger partial charge in [0.15, 0.2) is 0 Å². The Morgan fingerprint density at radius 3 is 2.50 bits per heavy atom. The summed E-state index contributed by atoms with van der Waals surface area (Å²) in [6.07, 6.45) is 0. The molecule has 1 aromatic heterocycles. The molecule has 0 radical (unpaired) electrons. The Hall–Kier alpha value is -1.89. The summed E-state index contributed by atoms with van der Waals surface area (Å²) in [5, 5.41) is 18.2. The highest BCUT2D eigenvalue weighted by Gasteiger charge is 2.15. The number of aryl methyl sites for hydroxylation is 2. The second kappa shape index (κ2) is 5.63. The van der Waals surface area contributed by atoms with E-state index in [1.54, 1.807) is 18.7 Å². The normalized spacial score (nSPS) is 12.2. The summed E-state index contributed by atoms with van der Waals surface area (Å²) in [5.41, 5.74) is 2.26. The third-order valence-electron chi connectivity index (χ3n) is 2.71. The lowest BCUT2D eigenvalue weighted by molar-refractivity contribution is -0.139. The molecule has 7 heteroatoms. The Labute approximate surface area is 105 Å². The molecule has 0 aliphatic heterocycles. The van der Waals surface area contributed by atoms with Gasteiger partial charge in [0.05, 0.1) is 23.6 Å². The van der Waals surface area contributed by atoms with Crippen molar-refractivity contribution in [2.45, 2.75) is 26.8 Å². The van der Waals surface area contributed by atoms with Crippen molar-refractivity contribution < 1.29 is 14.7 Å². The van der Waals surface area contributed by atoms with Gasteiger partial charge in [-0.1, -0.05) is 0 Å². The Morgan fingerprint density at radius 2 is 2.06 bits per heavy atom. The van der Waals surface area contributed by atoms with E-state index in [-0.39, 0.29) is 12.5 Å². The lowest BCUT2D eigenvalue weighted by Crippen LogP contribution is -2.39. The fourth-order valence-electron chi connectivity index (χ4n) is 1.47. The Balaban J connectivity index is 2.57. The summed E-state index contributed by atoms with van der Waals surface area (Å²) < 4.78 is 1.68. The highest BCUT2D eigenvalue weighted by molar-refractivity contribution is 5.93. The second-order valence-corrected chi connectivity index (χ2v) is 4.16. The van der Waals surface area contributed by atoms with Gasteiger partial charge in [0.2, 0.25) is 5.91 Å². The van der Waals surface area contributed by atoms with Crippen LogP contribution >= 0.6 is 0 Å². The topological polar surface area (TPSA) is 96.3 Å². The molecule has 1 atom stereocenters. The lowest BCUT2D eigenvalue weighted by atomic mass is 10.3. The number of nitrogens with one attached hydrogen (secondary N) is 2. The number of rotatable bonds is 5. The molecule has 0 aliphatic rings. The molecule has 0 fully saturated rings. The maximum Gasteiger partial charge on any atom is 0.320 e. The highest BCUT2D eigenvalue weighted by atomic mass is 16.4. The standard InChI is InChI=1S/C11H18N4O3/c1-6-10(8(3)15(4)14-6)13-9(16)5-12-7(2)11(17)18/h7,12H,5H2,1-4H3,(H,13,16)(H,17,18).